The number of hydrogen-bond acceptors (Lipinski definition) is 2. The third-order valence-electron chi connectivity index (χ3n) is 3.35. The van der Waals surface area contributed by atoms with E-state index < -0.39 is 11.5 Å². The Bertz CT molecular complexity index is 531. The number of carboxylic acid groups (broad SMARTS) is 1. The number of amides is 1. The molecule has 0 unspecified atom stereocenters. The van der Waals surface area contributed by atoms with Crippen molar-refractivity contribution in [2.45, 2.75) is 32.2 Å². The summed E-state index contributed by atoms with van der Waals surface area (Å²) in [5, 5.41) is 9.08. The van der Waals surface area contributed by atoms with Gasteiger partial charge in [0.05, 0.1) is 0 Å². The van der Waals surface area contributed by atoms with E-state index in [-0.39, 0.29) is 18.1 Å². The van der Waals surface area contributed by atoms with Gasteiger partial charge in [0.25, 0.3) is 0 Å². The number of nitrogens with zero attached hydrogens (tertiary/aromatic N) is 1. The number of aliphatic carboxylic acids is 1. The molecule has 0 aliphatic carbocycles. The maximum atomic E-state index is 13.1. The zero-order valence-corrected chi connectivity index (χ0v) is 13.2. The van der Waals surface area contributed by atoms with Crippen molar-refractivity contribution in [1.29, 1.82) is 0 Å². The van der Waals surface area contributed by atoms with Crippen molar-refractivity contribution in [2.24, 2.45) is 0 Å². The fourth-order valence-corrected chi connectivity index (χ4v) is 2.04. The number of likely N-dealkylation sites (N-methyl/N-ethyl adjacent to an activating group) is 1. The van der Waals surface area contributed by atoms with Crippen LogP contribution in [0.2, 0.25) is 0 Å². The van der Waals surface area contributed by atoms with Gasteiger partial charge < -0.3 is 10.0 Å². The van der Waals surface area contributed by atoms with Gasteiger partial charge in [-0.3, -0.25) is 4.79 Å². The predicted octanol–water partition coefficient (Wildman–Crippen LogP) is 2.84. The lowest BCUT2D eigenvalue weighted by Crippen LogP contribution is -2.50. The largest absolute Gasteiger partial charge is 0.480 e. The second kappa shape index (κ2) is 6.35. The van der Waals surface area contributed by atoms with Crippen LogP contribution in [0.4, 0.5) is 4.39 Å². The van der Waals surface area contributed by atoms with E-state index in [0.717, 1.165) is 4.47 Å². The van der Waals surface area contributed by atoms with Crippen molar-refractivity contribution in [2.75, 3.05) is 7.05 Å². The highest BCUT2D eigenvalue weighted by Crippen LogP contribution is 2.21. The standard InChI is InChI=1S/C14H17BrFNO3/c1-14(2,13(19)20)17(3)12(18)7-4-9-8-10(16)5-6-11(9)15/h5-6,8H,4,7H2,1-3H3,(H,19,20). The minimum absolute atomic E-state index is 0.120. The van der Waals surface area contributed by atoms with Crippen molar-refractivity contribution in [3.63, 3.8) is 0 Å². The Hall–Kier alpha value is -1.43. The second-order valence-electron chi connectivity index (χ2n) is 5.05. The fraction of sp³-hybridized carbons (Fsp3) is 0.429. The smallest absolute Gasteiger partial charge is 0.329 e. The van der Waals surface area contributed by atoms with Gasteiger partial charge in [0.2, 0.25) is 5.91 Å². The molecular formula is C14H17BrFNO3. The molecule has 6 heteroatoms. The molecule has 1 N–H and O–H groups in total. The number of carbonyl (C=O) groups excluding carboxylic acids is 1. The number of rotatable bonds is 5. The molecule has 1 rings (SSSR count). The number of carbonyl (C=O) groups is 2. The number of aryl methyl sites for hydroxylation is 1. The van der Waals surface area contributed by atoms with Crippen LogP contribution < -0.4 is 0 Å². The lowest BCUT2D eigenvalue weighted by molar-refractivity contribution is -0.155. The number of halogens is 2. The fourth-order valence-electron chi connectivity index (χ4n) is 1.60. The zero-order chi connectivity index (χ0) is 15.5. The highest BCUT2D eigenvalue weighted by atomic mass is 79.9. The van der Waals surface area contributed by atoms with E-state index in [1.54, 1.807) is 6.07 Å². The Balaban J connectivity index is 2.73. The lowest BCUT2D eigenvalue weighted by Gasteiger charge is -2.31. The molecule has 1 amide bonds. The monoisotopic (exact) mass is 345 g/mol. The van der Waals surface area contributed by atoms with Crippen LogP contribution in [0.1, 0.15) is 25.8 Å². The maximum absolute atomic E-state index is 13.1. The molecule has 0 aliphatic rings. The number of carboxylic acids is 1. The zero-order valence-electron chi connectivity index (χ0n) is 11.6. The molecule has 1 aromatic carbocycles. The molecule has 1 aromatic rings. The van der Waals surface area contributed by atoms with Crippen molar-refractivity contribution in [3.8, 4) is 0 Å². The maximum Gasteiger partial charge on any atom is 0.329 e. The first kappa shape index (κ1) is 16.6. The Morgan fingerprint density at radius 1 is 1.40 bits per heavy atom. The molecule has 0 atom stereocenters. The van der Waals surface area contributed by atoms with Gasteiger partial charge in [-0.1, -0.05) is 15.9 Å². The molecule has 0 radical (unpaired) electrons. The van der Waals surface area contributed by atoms with Gasteiger partial charge in [-0.2, -0.15) is 0 Å². The van der Waals surface area contributed by atoms with Crippen molar-refractivity contribution in [3.05, 3.63) is 34.1 Å². The minimum Gasteiger partial charge on any atom is -0.480 e. The van der Waals surface area contributed by atoms with Gasteiger partial charge in [0.15, 0.2) is 0 Å². The van der Waals surface area contributed by atoms with E-state index in [2.05, 4.69) is 15.9 Å². The normalized spacial score (nSPS) is 11.2. The minimum atomic E-state index is -1.27. The molecule has 0 spiro atoms. The summed E-state index contributed by atoms with van der Waals surface area (Å²) >= 11 is 3.29. The molecule has 0 aromatic heterocycles. The van der Waals surface area contributed by atoms with E-state index >= 15 is 0 Å². The van der Waals surface area contributed by atoms with Crippen LogP contribution in [0.25, 0.3) is 0 Å². The summed E-state index contributed by atoms with van der Waals surface area (Å²) in [4.78, 5) is 24.3. The van der Waals surface area contributed by atoms with E-state index in [1.807, 2.05) is 0 Å². The molecular weight excluding hydrogens is 329 g/mol. The summed E-state index contributed by atoms with van der Waals surface area (Å²) in [7, 11) is 1.46. The van der Waals surface area contributed by atoms with Crippen LogP contribution in [0.5, 0.6) is 0 Å². The predicted molar refractivity (Wildman–Crippen MR) is 76.9 cm³/mol. The van der Waals surface area contributed by atoms with Gasteiger partial charge in [0, 0.05) is 17.9 Å². The molecule has 20 heavy (non-hydrogen) atoms. The summed E-state index contributed by atoms with van der Waals surface area (Å²) in [5.41, 5.74) is -0.587. The van der Waals surface area contributed by atoms with Crippen LogP contribution in [-0.2, 0) is 16.0 Å². The van der Waals surface area contributed by atoms with Gasteiger partial charge in [-0.15, -0.1) is 0 Å². The summed E-state index contributed by atoms with van der Waals surface area (Å²) in [6, 6.07) is 4.27. The summed E-state index contributed by atoms with van der Waals surface area (Å²) in [6.07, 6.45) is 0.465. The van der Waals surface area contributed by atoms with Crippen molar-refractivity contribution < 1.29 is 19.1 Å². The molecule has 0 saturated heterocycles. The molecule has 4 nitrogen and oxygen atoms in total. The second-order valence-corrected chi connectivity index (χ2v) is 5.91. The molecule has 0 saturated carbocycles. The first-order valence-corrected chi connectivity index (χ1v) is 6.89. The van der Waals surface area contributed by atoms with E-state index in [9.17, 15) is 14.0 Å². The Morgan fingerprint density at radius 3 is 2.55 bits per heavy atom. The van der Waals surface area contributed by atoms with Gasteiger partial charge in [0.1, 0.15) is 11.4 Å². The van der Waals surface area contributed by atoms with E-state index in [0.29, 0.717) is 12.0 Å². The molecule has 0 heterocycles. The SMILES string of the molecule is CN(C(=O)CCc1cc(F)ccc1Br)C(C)(C)C(=O)O. The van der Waals surface area contributed by atoms with Crippen LogP contribution in [-0.4, -0.2) is 34.5 Å². The van der Waals surface area contributed by atoms with Crippen LogP contribution in [0.15, 0.2) is 22.7 Å². The van der Waals surface area contributed by atoms with Crippen molar-refractivity contribution in [1.82, 2.24) is 4.90 Å². The average molecular weight is 346 g/mol. The Kier molecular flexibility index (Phi) is 5.28. The third-order valence-corrected chi connectivity index (χ3v) is 4.13. The van der Waals surface area contributed by atoms with Gasteiger partial charge in [-0.05, 0) is 44.0 Å². The first-order chi connectivity index (χ1) is 9.16. The topological polar surface area (TPSA) is 57.6 Å². The molecule has 110 valence electrons. The summed E-state index contributed by atoms with van der Waals surface area (Å²) < 4.78 is 13.9. The van der Waals surface area contributed by atoms with Crippen LogP contribution in [0, 0.1) is 5.82 Å². The van der Waals surface area contributed by atoms with Crippen molar-refractivity contribution >= 4 is 27.8 Å². The first-order valence-electron chi connectivity index (χ1n) is 6.10. The average Bonchev–Trinajstić information content (AvgIpc) is 2.38. The summed E-state index contributed by atoms with van der Waals surface area (Å²) in [6.45, 7) is 2.93. The molecule has 0 bridgehead atoms. The lowest BCUT2D eigenvalue weighted by atomic mass is 10.0. The molecule has 0 fully saturated rings. The van der Waals surface area contributed by atoms with Gasteiger partial charge >= 0.3 is 5.97 Å². The summed E-state index contributed by atoms with van der Waals surface area (Å²) in [5.74, 6) is -1.73. The number of hydrogen-bond donors (Lipinski definition) is 1. The quantitative estimate of drug-likeness (QED) is 0.892. The van der Waals surface area contributed by atoms with Crippen LogP contribution in [0.3, 0.4) is 0 Å². The number of benzene rings is 1. The van der Waals surface area contributed by atoms with Gasteiger partial charge in [-0.25, -0.2) is 9.18 Å². The Labute approximate surface area is 125 Å². The van der Waals surface area contributed by atoms with Crippen LogP contribution >= 0.6 is 15.9 Å². The highest BCUT2D eigenvalue weighted by Gasteiger charge is 2.34. The molecule has 0 aliphatic heterocycles. The van der Waals surface area contributed by atoms with E-state index in [1.165, 1.54) is 37.9 Å². The highest BCUT2D eigenvalue weighted by molar-refractivity contribution is 9.10. The third kappa shape index (κ3) is 3.79. The van der Waals surface area contributed by atoms with E-state index in [4.69, 9.17) is 5.11 Å². The Morgan fingerprint density at radius 2 is 2.00 bits per heavy atom.